The topological polar surface area (TPSA) is 67.0 Å². The third-order valence-corrected chi connectivity index (χ3v) is 2.62. The maximum absolute atomic E-state index is 9.03. The van der Waals surface area contributed by atoms with Crippen molar-refractivity contribution in [3.05, 3.63) is 30.1 Å². The summed E-state index contributed by atoms with van der Waals surface area (Å²) in [6, 6.07) is 3.82. The van der Waals surface area contributed by atoms with Gasteiger partial charge in [0, 0.05) is 32.5 Å². The number of rotatable bonds is 5. The van der Waals surface area contributed by atoms with Crippen LogP contribution in [0.3, 0.4) is 0 Å². The Bertz CT molecular complexity index is 409. The summed E-state index contributed by atoms with van der Waals surface area (Å²) in [4.78, 5) is 7.20. The summed E-state index contributed by atoms with van der Waals surface area (Å²) >= 11 is 0. The van der Waals surface area contributed by atoms with Crippen LogP contribution in [0.2, 0.25) is 0 Å². The van der Waals surface area contributed by atoms with Gasteiger partial charge in [0.2, 0.25) is 5.96 Å². The zero-order chi connectivity index (χ0) is 13.4. The molecule has 0 aliphatic carbocycles. The van der Waals surface area contributed by atoms with Crippen molar-refractivity contribution in [2.75, 3.05) is 13.6 Å². The van der Waals surface area contributed by atoms with Crippen molar-refractivity contribution in [2.45, 2.75) is 26.3 Å². The second-order valence-corrected chi connectivity index (χ2v) is 4.15. The Kier molecular flexibility index (Phi) is 5.65. The number of guanidine groups is 1. The van der Waals surface area contributed by atoms with E-state index in [1.54, 1.807) is 17.3 Å². The fourth-order valence-corrected chi connectivity index (χ4v) is 1.57. The first kappa shape index (κ1) is 14.0. The van der Waals surface area contributed by atoms with Crippen LogP contribution in [0.4, 0.5) is 0 Å². The number of pyridine rings is 1. The molecule has 1 aromatic rings. The van der Waals surface area contributed by atoms with Crippen molar-refractivity contribution in [1.82, 2.24) is 14.8 Å². The van der Waals surface area contributed by atoms with Gasteiger partial charge >= 0.3 is 0 Å². The van der Waals surface area contributed by atoms with Crippen molar-refractivity contribution in [1.29, 1.82) is 10.7 Å². The van der Waals surface area contributed by atoms with Crippen LogP contribution in [0.5, 0.6) is 0 Å². The predicted molar refractivity (Wildman–Crippen MR) is 70.7 cm³/mol. The van der Waals surface area contributed by atoms with Gasteiger partial charge in [-0.15, -0.1) is 0 Å². The molecule has 1 N–H and O–H groups in total. The Morgan fingerprint density at radius 1 is 1.56 bits per heavy atom. The number of unbranched alkanes of at least 4 members (excludes halogenated alkanes) is 1. The molecule has 0 aliphatic heterocycles. The minimum absolute atomic E-state index is 0.231. The highest BCUT2D eigenvalue weighted by Crippen LogP contribution is 2.04. The normalized spacial score (nSPS) is 9.61. The van der Waals surface area contributed by atoms with Gasteiger partial charge in [0.05, 0.1) is 0 Å². The molecule has 96 valence electrons. The van der Waals surface area contributed by atoms with Gasteiger partial charge in [-0.3, -0.25) is 10.4 Å². The Morgan fingerprint density at radius 2 is 2.33 bits per heavy atom. The molecule has 1 rings (SSSR count). The molecular weight excluding hydrogens is 226 g/mol. The van der Waals surface area contributed by atoms with E-state index in [4.69, 9.17) is 10.7 Å². The van der Waals surface area contributed by atoms with Gasteiger partial charge in [-0.05, 0) is 18.1 Å². The lowest BCUT2D eigenvalue weighted by Crippen LogP contribution is -2.39. The average Bonchev–Trinajstić information content (AvgIpc) is 2.40. The molecular formula is C13H19N5. The van der Waals surface area contributed by atoms with Crippen molar-refractivity contribution in [2.24, 2.45) is 0 Å². The second-order valence-electron chi connectivity index (χ2n) is 4.15. The van der Waals surface area contributed by atoms with Gasteiger partial charge in [-0.1, -0.05) is 19.4 Å². The quantitative estimate of drug-likeness (QED) is 0.373. The van der Waals surface area contributed by atoms with Crippen LogP contribution in [-0.4, -0.2) is 34.3 Å². The lowest BCUT2D eigenvalue weighted by atomic mass is 10.3. The summed E-state index contributed by atoms with van der Waals surface area (Å²) in [6.07, 6.45) is 7.47. The van der Waals surface area contributed by atoms with E-state index in [0.29, 0.717) is 13.1 Å². The summed E-state index contributed by atoms with van der Waals surface area (Å²) in [5, 5.41) is 17.0. The highest BCUT2D eigenvalue weighted by atomic mass is 15.3. The minimum atomic E-state index is 0.231. The number of hydrogen-bond donors (Lipinski definition) is 1. The van der Waals surface area contributed by atoms with Crippen molar-refractivity contribution in [3.8, 4) is 6.19 Å². The van der Waals surface area contributed by atoms with Crippen LogP contribution in [0.15, 0.2) is 24.5 Å². The molecule has 0 bridgehead atoms. The first-order valence-corrected chi connectivity index (χ1v) is 6.05. The SMILES string of the molecule is CCCCN(C#N)C(=N)N(C)Cc1cccnc1. The first-order valence-electron chi connectivity index (χ1n) is 6.05. The fourth-order valence-electron chi connectivity index (χ4n) is 1.57. The Hall–Kier alpha value is -2.09. The standard InChI is InChI=1S/C13H19N5/c1-3-4-8-18(11-14)13(15)17(2)10-12-6-5-7-16-9-12/h5-7,9,15H,3-4,8,10H2,1-2H3. The zero-order valence-electron chi connectivity index (χ0n) is 10.9. The highest BCUT2D eigenvalue weighted by molar-refractivity contribution is 5.78. The van der Waals surface area contributed by atoms with E-state index < -0.39 is 0 Å². The van der Waals surface area contributed by atoms with E-state index >= 15 is 0 Å². The molecule has 18 heavy (non-hydrogen) atoms. The van der Waals surface area contributed by atoms with Crippen LogP contribution in [0.1, 0.15) is 25.3 Å². The smallest absolute Gasteiger partial charge is 0.207 e. The predicted octanol–water partition coefficient (Wildman–Crippen LogP) is 2.03. The van der Waals surface area contributed by atoms with E-state index in [1.807, 2.05) is 19.2 Å². The van der Waals surface area contributed by atoms with Crippen LogP contribution in [-0.2, 0) is 6.54 Å². The Balaban J connectivity index is 2.57. The number of nitriles is 1. The monoisotopic (exact) mass is 245 g/mol. The van der Waals surface area contributed by atoms with Crippen molar-refractivity contribution in [3.63, 3.8) is 0 Å². The summed E-state index contributed by atoms with van der Waals surface area (Å²) in [5.74, 6) is 0.231. The molecule has 1 aromatic heterocycles. The highest BCUT2D eigenvalue weighted by Gasteiger charge is 2.13. The Labute approximate surface area is 108 Å². The average molecular weight is 245 g/mol. The zero-order valence-corrected chi connectivity index (χ0v) is 10.9. The van der Waals surface area contributed by atoms with Crippen LogP contribution >= 0.6 is 0 Å². The molecule has 1 heterocycles. The third-order valence-electron chi connectivity index (χ3n) is 2.62. The minimum Gasteiger partial charge on any atom is -0.341 e. The fraction of sp³-hybridized carbons (Fsp3) is 0.462. The van der Waals surface area contributed by atoms with Crippen LogP contribution in [0, 0.1) is 16.9 Å². The van der Waals surface area contributed by atoms with Gasteiger partial charge in [0.25, 0.3) is 0 Å². The van der Waals surface area contributed by atoms with Crippen LogP contribution < -0.4 is 0 Å². The molecule has 0 aromatic carbocycles. The number of aromatic nitrogens is 1. The van der Waals surface area contributed by atoms with Gasteiger partial charge in [0.1, 0.15) is 0 Å². The largest absolute Gasteiger partial charge is 0.341 e. The summed E-state index contributed by atoms with van der Waals surface area (Å²) in [6.45, 7) is 3.25. The number of nitrogens with one attached hydrogen (secondary N) is 1. The van der Waals surface area contributed by atoms with Gasteiger partial charge in [0.15, 0.2) is 6.19 Å². The van der Waals surface area contributed by atoms with Gasteiger partial charge < -0.3 is 4.90 Å². The van der Waals surface area contributed by atoms with E-state index in [9.17, 15) is 0 Å². The molecule has 0 amide bonds. The van der Waals surface area contributed by atoms with Gasteiger partial charge in [-0.25, -0.2) is 4.90 Å². The van der Waals surface area contributed by atoms with Crippen molar-refractivity contribution < 1.29 is 0 Å². The molecule has 5 heteroatoms. The lowest BCUT2D eigenvalue weighted by Gasteiger charge is -2.25. The molecule has 0 fully saturated rings. The van der Waals surface area contributed by atoms with E-state index in [1.165, 1.54) is 4.90 Å². The number of nitrogens with zero attached hydrogens (tertiary/aromatic N) is 4. The maximum Gasteiger partial charge on any atom is 0.207 e. The number of hydrogen-bond acceptors (Lipinski definition) is 3. The second kappa shape index (κ2) is 7.28. The molecule has 0 saturated carbocycles. The van der Waals surface area contributed by atoms with E-state index in [0.717, 1.165) is 18.4 Å². The summed E-state index contributed by atoms with van der Waals surface area (Å²) < 4.78 is 0. The molecule has 5 nitrogen and oxygen atoms in total. The molecule has 0 unspecified atom stereocenters. The van der Waals surface area contributed by atoms with E-state index in [-0.39, 0.29) is 5.96 Å². The Morgan fingerprint density at radius 3 is 2.89 bits per heavy atom. The third kappa shape index (κ3) is 4.06. The first-order chi connectivity index (χ1) is 8.69. The summed E-state index contributed by atoms with van der Waals surface area (Å²) in [7, 11) is 1.81. The van der Waals surface area contributed by atoms with E-state index in [2.05, 4.69) is 18.1 Å². The molecule has 0 radical (unpaired) electrons. The summed E-state index contributed by atoms with van der Waals surface area (Å²) in [5.41, 5.74) is 1.03. The molecule has 0 aliphatic rings. The van der Waals surface area contributed by atoms with Crippen molar-refractivity contribution >= 4 is 5.96 Å². The lowest BCUT2D eigenvalue weighted by molar-refractivity contribution is 0.403. The van der Waals surface area contributed by atoms with Gasteiger partial charge in [-0.2, -0.15) is 5.26 Å². The molecule has 0 spiro atoms. The molecule has 0 atom stereocenters. The maximum atomic E-state index is 9.03. The molecule has 0 saturated heterocycles. The van der Waals surface area contributed by atoms with Crippen LogP contribution in [0.25, 0.3) is 0 Å².